The summed E-state index contributed by atoms with van der Waals surface area (Å²) in [4.78, 5) is 3.90. The summed E-state index contributed by atoms with van der Waals surface area (Å²) in [6.45, 7) is 0. The van der Waals surface area contributed by atoms with Gasteiger partial charge in [-0.1, -0.05) is 17.3 Å². The molecule has 1 aromatic heterocycles. The number of rotatable bonds is 3. The monoisotopic (exact) mass is 224 g/mol. The van der Waals surface area contributed by atoms with Crippen LogP contribution in [0.5, 0.6) is 5.75 Å². The summed E-state index contributed by atoms with van der Waals surface area (Å²) in [6, 6.07) is 7.67. The van der Waals surface area contributed by atoms with Crippen LogP contribution >= 0.6 is 11.6 Å². The highest BCUT2D eigenvalue weighted by Gasteiger charge is 2.04. The van der Waals surface area contributed by atoms with Crippen LogP contribution in [0.25, 0.3) is 0 Å². The van der Waals surface area contributed by atoms with Crippen molar-refractivity contribution >= 4 is 11.6 Å². The number of ether oxygens (including phenoxy) is 1. The van der Waals surface area contributed by atoms with Crippen LogP contribution < -0.4 is 4.74 Å². The molecule has 0 fully saturated rings. The molecule has 0 atom stereocenters. The van der Waals surface area contributed by atoms with Crippen LogP contribution in [0.4, 0.5) is 0 Å². The third-order valence-electron chi connectivity index (χ3n) is 1.96. The van der Waals surface area contributed by atoms with Gasteiger partial charge in [0, 0.05) is 6.42 Å². The van der Waals surface area contributed by atoms with Crippen LogP contribution in [0, 0.1) is 0 Å². The SMILES string of the molecule is COc1ccc(Cc2noc(Cl)n2)cc1. The minimum Gasteiger partial charge on any atom is -0.497 e. The zero-order chi connectivity index (χ0) is 10.7. The third-order valence-corrected chi connectivity index (χ3v) is 2.12. The van der Waals surface area contributed by atoms with Crippen LogP contribution in [0.3, 0.4) is 0 Å². The second-order valence-electron chi connectivity index (χ2n) is 2.99. The van der Waals surface area contributed by atoms with Crippen molar-refractivity contribution in [3.8, 4) is 5.75 Å². The number of benzene rings is 1. The van der Waals surface area contributed by atoms with Crippen molar-refractivity contribution in [3.63, 3.8) is 0 Å². The lowest BCUT2D eigenvalue weighted by Gasteiger charge is -2.00. The minimum atomic E-state index is 0.0681. The standard InChI is InChI=1S/C10H9ClN2O2/c1-14-8-4-2-7(3-5-8)6-9-12-10(11)15-13-9/h2-5H,6H2,1H3. The van der Waals surface area contributed by atoms with E-state index in [1.807, 2.05) is 24.3 Å². The Morgan fingerprint density at radius 3 is 2.60 bits per heavy atom. The Hall–Kier alpha value is -1.55. The fourth-order valence-corrected chi connectivity index (χ4v) is 1.36. The van der Waals surface area contributed by atoms with Crippen molar-refractivity contribution in [3.05, 3.63) is 41.0 Å². The van der Waals surface area contributed by atoms with E-state index >= 15 is 0 Å². The largest absolute Gasteiger partial charge is 0.497 e. The van der Waals surface area contributed by atoms with E-state index in [9.17, 15) is 0 Å². The summed E-state index contributed by atoms with van der Waals surface area (Å²) in [7, 11) is 1.63. The molecule has 1 heterocycles. The van der Waals surface area contributed by atoms with E-state index in [2.05, 4.69) is 14.7 Å². The summed E-state index contributed by atoms with van der Waals surface area (Å²) < 4.78 is 9.71. The summed E-state index contributed by atoms with van der Waals surface area (Å²) in [6.07, 6.45) is 0.597. The van der Waals surface area contributed by atoms with Gasteiger partial charge in [0.25, 0.3) is 0 Å². The van der Waals surface area contributed by atoms with Gasteiger partial charge < -0.3 is 9.26 Å². The third kappa shape index (κ3) is 2.47. The highest BCUT2D eigenvalue weighted by atomic mass is 35.5. The van der Waals surface area contributed by atoms with E-state index in [4.69, 9.17) is 16.3 Å². The molecule has 78 valence electrons. The van der Waals surface area contributed by atoms with Crippen LogP contribution in [0.1, 0.15) is 11.4 Å². The molecule has 5 heteroatoms. The predicted octanol–water partition coefficient (Wildman–Crippen LogP) is 2.32. The zero-order valence-corrected chi connectivity index (χ0v) is 8.86. The van der Waals surface area contributed by atoms with Gasteiger partial charge >= 0.3 is 5.35 Å². The molecule has 4 nitrogen and oxygen atoms in total. The molecule has 1 aromatic carbocycles. The molecule has 0 unspecified atom stereocenters. The minimum absolute atomic E-state index is 0.0681. The first-order chi connectivity index (χ1) is 7.28. The van der Waals surface area contributed by atoms with Gasteiger partial charge in [0.05, 0.1) is 7.11 Å². The maximum absolute atomic E-state index is 5.51. The van der Waals surface area contributed by atoms with Crippen LogP contribution in [-0.2, 0) is 6.42 Å². The smallest absolute Gasteiger partial charge is 0.320 e. The van der Waals surface area contributed by atoms with Crippen molar-refractivity contribution in [2.24, 2.45) is 0 Å². The van der Waals surface area contributed by atoms with Gasteiger partial charge in [0.1, 0.15) is 5.75 Å². The molecule has 0 aliphatic rings. The molecule has 0 aliphatic heterocycles. The van der Waals surface area contributed by atoms with E-state index in [1.165, 1.54) is 0 Å². The number of methoxy groups -OCH3 is 1. The maximum Gasteiger partial charge on any atom is 0.320 e. The molecule has 2 aromatic rings. The van der Waals surface area contributed by atoms with Crippen molar-refractivity contribution in [1.29, 1.82) is 0 Å². The highest BCUT2D eigenvalue weighted by molar-refractivity contribution is 6.27. The van der Waals surface area contributed by atoms with Crippen molar-refractivity contribution in [2.75, 3.05) is 7.11 Å². The van der Waals surface area contributed by atoms with E-state index in [0.29, 0.717) is 12.2 Å². The average Bonchev–Trinajstić information content (AvgIpc) is 2.65. The van der Waals surface area contributed by atoms with E-state index < -0.39 is 0 Å². The van der Waals surface area contributed by atoms with Crippen molar-refractivity contribution in [1.82, 2.24) is 10.1 Å². The van der Waals surface area contributed by atoms with Gasteiger partial charge in [0.2, 0.25) is 0 Å². The zero-order valence-electron chi connectivity index (χ0n) is 8.11. The van der Waals surface area contributed by atoms with E-state index in [1.54, 1.807) is 7.11 Å². The predicted molar refractivity (Wildman–Crippen MR) is 55.1 cm³/mol. The number of nitrogens with zero attached hydrogens (tertiary/aromatic N) is 2. The van der Waals surface area contributed by atoms with Gasteiger partial charge in [-0.05, 0) is 29.3 Å². The Balaban J connectivity index is 2.11. The van der Waals surface area contributed by atoms with Crippen LogP contribution in [-0.4, -0.2) is 17.3 Å². The number of aromatic nitrogens is 2. The molecule has 0 radical (unpaired) electrons. The van der Waals surface area contributed by atoms with E-state index in [0.717, 1.165) is 11.3 Å². The summed E-state index contributed by atoms with van der Waals surface area (Å²) >= 11 is 5.51. The lowest BCUT2D eigenvalue weighted by Crippen LogP contribution is -1.90. The second-order valence-corrected chi connectivity index (χ2v) is 3.31. The molecule has 2 rings (SSSR count). The fraction of sp³-hybridized carbons (Fsp3) is 0.200. The number of hydrogen-bond donors (Lipinski definition) is 0. The Morgan fingerprint density at radius 2 is 2.07 bits per heavy atom. The molecule has 0 spiro atoms. The maximum atomic E-state index is 5.51. The second kappa shape index (κ2) is 4.31. The first-order valence-corrected chi connectivity index (χ1v) is 4.77. The van der Waals surface area contributed by atoms with Gasteiger partial charge in [-0.3, -0.25) is 0 Å². The molecular formula is C10H9ClN2O2. The van der Waals surface area contributed by atoms with Crippen LogP contribution in [0.15, 0.2) is 28.8 Å². The Bertz CT molecular complexity index is 439. The van der Waals surface area contributed by atoms with Gasteiger partial charge in [-0.2, -0.15) is 4.98 Å². The number of hydrogen-bond acceptors (Lipinski definition) is 4. The molecular weight excluding hydrogens is 216 g/mol. The summed E-state index contributed by atoms with van der Waals surface area (Å²) in [5.41, 5.74) is 1.08. The molecule has 0 bridgehead atoms. The normalized spacial score (nSPS) is 10.3. The molecule has 15 heavy (non-hydrogen) atoms. The first-order valence-electron chi connectivity index (χ1n) is 4.39. The quantitative estimate of drug-likeness (QED) is 0.803. The van der Waals surface area contributed by atoms with Crippen molar-refractivity contribution < 1.29 is 9.26 Å². The van der Waals surface area contributed by atoms with Gasteiger partial charge in [-0.15, -0.1) is 0 Å². The fourth-order valence-electron chi connectivity index (χ4n) is 1.23. The summed E-state index contributed by atoms with van der Waals surface area (Å²) in [5.74, 6) is 1.40. The topological polar surface area (TPSA) is 48.2 Å². The lowest BCUT2D eigenvalue weighted by atomic mass is 10.1. The molecule has 0 saturated heterocycles. The Morgan fingerprint density at radius 1 is 1.33 bits per heavy atom. The van der Waals surface area contributed by atoms with Crippen molar-refractivity contribution in [2.45, 2.75) is 6.42 Å². The van der Waals surface area contributed by atoms with Crippen LogP contribution in [0.2, 0.25) is 5.35 Å². The Labute approximate surface area is 91.8 Å². The Kier molecular flexibility index (Phi) is 2.87. The van der Waals surface area contributed by atoms with Gasteiger partial charge in [-0.25, -0.2) is 0 Å². The molecule has 0 saturated carbocycles. The summed E-state index contributed by atoms with van der Waals surface area (Å²) in [5, 5.41) is 3.77. The first kappa shape index (κ1) is 9.98. The molecule has 0 aliphatic carbocycles. The van der Waals surface area contributed by atoms with E-state index in [-0.39, 0.29) is 5.35 Å². The average molecular weight is 225 g/mol. The molecule has 0 N–H and O–H groups in total. The highest BCUT2D eigenvalue weighted by Crippen LogP contribution is 2.14. The van der Waals surface area contributed by atoms with Gasteiger partial charge in [0.15, 0.2) is 5.82 Å². The number of halogens is 1. The lowest BCUT2D eigenvalue weighted by molar-refractivity contribution is 0.412. The molecule has 0 amide bonds.